The van der Waals surface area contributed by atoms with E-state index in [-0.39, 0.29) is 0 Å². The molecule has 0 amide bonds. The summed E-state index contributed by atoms with van der Waals surface area (Å²) >= 11 is 0. The molecule has 1 aliphatic rings. The molecular weight excluding hydrogens is 172 g/mol. The van der Waals surface area contributed by atoms with Crippen LogP contribution in [0.5, 0.6) is 0 Å². The zero-order chi connectivity index (χ0) is 9.80. The lowest BCUT2D eigenvalue weighted by Crippen LogP contribution is -2.20. The Morgan fingerprint density at radius 3 is 3.21 bits per heavy atom. The molecular formula is C12H18N2. The number of likely N-dealkylation sites (tertiary alicyclic amines) is 1. The van der Waals surface area contributed by atoms with E-state index < -0.39 is 0 Å². The van der Waals surface area contributed by atoms with E-state index in [1.807, 2.05) is 18.5 Å². The van der Waals surface area contributed by atoms with E-state index in [1.54, 1.807) is 0 Å². The van der Waals surface area contributed by atoms with E-state index in [0.29, 0.717) is 0 Å². The molecule has 2 heteroatoms. The van der Waals surface area contributed by atoms with Gasteiger partial charge in [-0.3, -0.25) is 4.98 Å². The molecule has 1 fully saturated rings. The van der Waals surface area contributed by atoms with Crippen LogP contribution in [0.1, 0.15) is 31.2 Å². The van der Waals surface area contributed by atoms with Gasteiger partial charge in [0, 0.05) is 18.9 Å². The molecule has 1 atom stereocenters. The van der Waals surface area contributed by atoms with Gasteiger partial charge in [-0.05, 0) is 43.5 Å². The Balaban J connectivity index is 1.96. The van der Waals surface area contributed by atoms with Crippen LogP contribution in [0.2, 0.25) is 0 Å². The number of aromatic nitrogens is 1. The van der Waals surface area contributed by atoms with Crippen LogP contribution in [0.4, 0.5) is 0 Å². The molecule has 0 bridgehead atoms. The fourth-order valence-electron chi connectivity index (χ4n) is 2.24. The van der Waals surface area contributed by atoms with Crippen molar-refractivity contribution in [2.45, 2.75) is 25.7 Å². The van der Waals surface area contributed by atoms with E-state index in [2.05, 4.69) is 22.9 Å². The maximum atomic E-state index is 4.18. The van der Waals surface area contributed by atoms with Crippen LogP contribution in [0.15, 0.2) is 24.5 Å². The van der Waals surface area contributed by atoms with Crippen molar-refractivity contribution < 1.29 is 0 Å². The van der Waals surface area contributed by atoms with Crippen LogP contribution in [0, 0.1) is 0 Å². The smallest absolute Gasteiger partial charge is 0.0303 e. The Morgan fingerprint density at radius 1 is 1.57 bits per heavy atom. The van der Waals surface area contributed by atoms with Crippen LogP contribution in [-0.2, 0) is 0 Å². The Bertz CT molecular complexity index is 271. The SMILES string of the molecule is CCCN1CCC(c2cccnc2)C1. The normalized spacial score (nSPS) is 22.8. The first-order valence-electron chi connectivity index (χ1n) is 5.52. The highest BCUT2D eigenvalue weighted by Gasteiger charge is 2.22. The van der Waals surface area contributed by atoms with E-state index >= 15 is 0 Å². The molecule has 76 valence electrons. The summed E-state index contributed by atoms with van der Waals surface area (Å²) in [5.41, 5.74) is 1.41. The number of pyridine rings is 1. The van der Waals surface area contributed by atoms with Gasteiger partial charge < -0.3 is 4.90 Å². The molecule has 1 saturated heterocycles. The summed E-state index contributed by atoms with van der Waals surface area (Å²) in [6.45, 7) is 5.97. The summed E-state index contributed by atoms with van der Waals surface area (Å²) in [4.78, 5) is 6.74. The van der Waals surface area contributed by atoms with Crippen molar-refractivity contribution in [3.63, 3.8) is 0 Å². The Labute approximate surface area is 86.0 Å². The summed E-state index contributed by atoms with van der Waals surface area (Å²) in [6.07, 6.45) is 6.42. The quantitative estimate of drug-likeness (QED) is 0.727. The minimum Gasteiger partial charge on any atom is -0.303 e. The fourth-order valence-corrected chi connectivity index (χ4v) is 2.24. The van der Waals surface area contributed by atoms with Gasteiger partial charge >= 0.3 is 0 Å². The lowest BCUT2D eigenvalue weighted by molar-refractivity contribution is 0.335. The summed E-state index contributed by atoms with van der Waals surface area (Å²) in [6, 6.07) is 4.24. The molecule has 1 aromatic heterocycles. The number of hydrogen-bond acceptors (Lipinski definition) is 2. The van der Waals surface area contributed by atoms with Gasteiger partial charge in [-0.25, -0.2) is 0 Å². The first-order chi connectivity index (χ1) is 6.90. The Kier molecular flexibility index (Phi) is 3.14. The summed E-state index contributed by atoms with van der Waals surface area (Å²) < 4.78 is 0. The van der Waals surface area contributed by atoms with Gasteiger partial charge in [0.25, 0.3) is 0 Å². The molecule has 1 aromatic rings. The molecule has 14 heavy (non-hydrogen) atoms. The monoisotopic (exact) mass is 190 g/mol. The van der Waals surface area contributed by atoms with Crippen molar-refractivity contribution in [1.29, 1.82) is 0 Å². The molecule has 0 spiro atoms. The van der Waals surface area contributed by atoms with Gasteiger partial charge in [-0.15, -0.1) is 0 Å². The lowest BCUT2D eigenvalue weighted by Gasteiger charge is -2.14. The highest BCUT2D eigenvalue weighted by molar-refractivity contribution is 5.16. The summed E-state index contributed by atoms with van der Waals surface area (Å²) in [7, 11) is 0. The predicted molar refractivity (Wildman–Crippen MR) is 58.3 cm³/mol. The molecule has 0 N–H and O–H groups in total. The number of nitrogens with zero attached hydrogens (tertiary/aromatic N) is 2. The second-order valence-electron chi connectivity index (χ2n) is 4.07. The minimum absolute atomic E-state index is 0.718. The van der Waals surface area contributed by atoms with Gasteiger partial charge in [0.05, 0.1) is 0 Å². The van der Waals surface area contributed by atoms with E-state index in [9.17, 15) is 0 Å². The Morgan fingerprint density at radius 2 is 2.50 bits per heavy atom. The molecule has 2 nitrogen and oxygen atoms in total. The number of hydrogen-bond donors (Lipinski definition) is 0. The molecule has 1 unspecified atom stereocenters. The van der Waals surface area contributed by atoms with Crippen molar-refractivity contribution in [2.75, 3.05) is 19.6 Å². The standard InChI is InChI=1S/C12H18N2/c1-2-7-14-8-5-12(10-14)11-4-3-6-13-9-11/h3-4,6,9,12H,2,5,7-8,10H2,1H3. The maximum Gasteiger partial charge on any atom is 0.0303 e. The third kappa shape index (κ3) is 2.13. The Hall–Kier alpha value is -0.890. The highest BCUT2D eigenvalue weighted by atomic mass is 15.1. The molecule has 2 rings (SSSR count). The maximum absolute atomic E-state index is 4.18. The zero-order valence-electron chi connectivity index (χ0n) is 8.82. The summed E-state index contributed by atoms with van der Waals surface area (Å²) in [5, 5.41) is 0. The van der Waals surface area contributed by atoms with Crippen LogP contribution in [0.3, 0.4) is 0 Å². The van der Waals surface area contributed by atoms with Crippen molar-refractivity contribution in [2.24, 2.45) is 0 Å². The van der Waals surface area contributed by atoms with Gasteiger partial charge in [-0.1, -0.05) is 13.0 Å². The largest absolute Gasteiger partial charge is 0.303 e. The van der Waals surface area contributed by atoms with E-state index in [4.69, 9.17) is 0 Å². The van der Waals surface area contributed by atoms with Crippen molar-refractivity contribution >= 4 is 0 Å². The van der Waals surface area contributed by atoms with Gasteiger partial charge in [0.2, 0.25) is 0 Å². The second kappa shape index (κ2) is 4.56. The third-order valence-electron chi connectivity index (χ3n) is 2.97. The average molecular weight is 190 g/mol. The third-order valence-corrected chi connectivity index (χ3v) is 2.97. The van der Waals surface area contributed by atoms with Crippen LogP contribution in [-0.4, -0.2) is 29.5 Å². The molecule has 0 aromatic carbocycles. The lowest BCUT2D eigenvalue weighted by atomic mass is 10.0. The second-order valence-corrected chi connectivity index (χ2v) is 4.07. The van der Waals surface area contributed by atoms with E-state index in [1.165, 1.54) is 38.0 Å². The molecule has 2 heterocycles. The topological polar surface area (TPSA) is 16.1 Å². The van der Waals surface area contributed by atoms with E-state index in [0.717, 1.165) is 5.92 Å². The zero-order valence-corrected chi connectivity index (χ0v) is 8.82. The predicted octanol–water partition coefficient (Wildman–Crippen LogP) is 2.28. The van der Waals surface area contributed by atoms with Crippen molar-refractivity contribution in [3.05, 3.63) is 30.1 Å². The van der Waals surface area contributed by atoms with Crippen molar-refractivity contribution in [1.82, 2.24) is 9.88 Å². The molecule has 0 radical (unpaired) electrons. The highest BCUT2D eigenvalue weighted by Crippen LogP contribution is 2.26. The first-order valence-corrected chi connectivity index (χ1v) is 5.52. The van der Waals surface area contributed by atoms with Gasteiger partial charge in [0.1, 0.15) is 0 Å². The van der Waals surface area contributed by atoms with Crippen molar-refractivity contribution in [3.8, 4) is 0 Å². The van der Waals surface area contributed by atoms with Gasteiger partial charge in [0.15, 0.2) is 0 Å². The van der Waals surface area contributed by atoms with Gasteiger partial charge in [-0.2, -0.15) is 0 Å². The number of rotatable bonds is 3. The van der Waals surface area contributed by atoms with Crippen LogP contribution in [0.25, 0.3) is 0 Å². The average Bonchev–Trinajstić information content (AvgIpc) is 2.68. The molecule has 1 aliphatic heterocycles. The fraction of sp³-hybridized carbons (Fsp3) is 0.583. The first kappa shape index (κ1) is 9.66. The minimum atomic E-state index is 0.718. The van der Waals surface area contributed by atoms with Crippen LogP contribution < -0.4 is 0 Å². The molecule has 0 aliphatic carbocycles. The molecule has 0 saturated carbocycles. The summed E-state index contributed by atoms with van der Waals surface area (Å²) in [5.74, 6) is 0.718. The van der Waals surface area contributed by atoms with Crippen LogP contribution >= 0.6 is 0 Å².